The molecule has 0 bridgehead atoms. The number of hydrogen-bond donors (Lipinski definition) is 1. The van der Waals surface area contributed by atoms with Crippen LogP contribution in [0.25, 0.3) is 5.69 Å². The minimum atomic E-state index is 0.586. The second kappa shape index (κ2) is 7.07. The number of guanidine groups is 1. The summed E-state index contributed by atoms with van der Waals surface area (Å²) in [6.07, 6.45) is 2.39. The fourth-order valence-corrected chi connectivity index (χ4v) is 3.22. The molecule has 5 heteroatoms. The third kappa shape index (κ3) is 3.45. The highest BCUT2D eigenvalue weighted by atomic mass is 15.3. The van der Waals surface area contributed by atoms with Crippen LogP contribution in [0.5, 0.6) is 0 Å². The van der Waals surface area contributed by atoms with Crippen LogP contribution in [0.15, 0.2) is 35.3 Å². The number of aryl methyl sites for hydroxylation is 1. The molecule has 5 nitrogen and oxygen atoms in total. The quantitative estimate of drug-likeness (QED) is 0.697. The van der Waals surface area contributed by atoms with Gasteiger partial charge in [-0.15, -0.1) is 0 Å². The largest absolute Gasteiger partial charge is 0.370 e. The van der Waals surface area contributed by atoms with E-state index in [1.807, 2.05) is 29.8 Å². The van der Waals surface area contributed by atoms with Crippen molar-refractivity contribution < 1.29 is 0 Å². The number of likely N-dealkylation sites (tertiary alicyclic amines) is 1. The van der Waals surface area contributed by atoms with E-state index in [1.54, 1.807) is 0 Å². The fraction of sp³-hybridized carbons (Fsp3) is 0.474. The monoisotopic (exact) mass is 325 g/mol. The zero-order chi connectivity index (χ0) is 17.1. The van der Waals surface area contributed by atoms with Crippen LogP contribution in [0, 0.1) is 19.8 Å². The first-order valence-electron chi connectivity index (χ1n) is 8.71. The summed E-state index contributed by atoms with van der Waals surface area (Å²) in [5.41, 5.74) is 10.6. The van der Waals surface area contributed by atoms with Crippen LogP contribution in [0.4, 0.5) is 0 Å². The van der Waals surface area contributed by atoms with Crippen LogP contribution >= 0.6 is 0 Å². The summed E-state index contributed by atoms with van der Waals surface area (Å²) in [4.78, 5) is 6.84. The molecule has 3 rings (SSSR count). The minimum absolute atomic E-state index is 0.586. The zero-order valence-corrected chi connectivity index (χ0v) is 14.9. The molecule has 0 radical (unpaired) electrons. The molecule has 2 N–H and O–H groups in total. The number of hydrogen-bond acceptors (Lipinski definition) is 2. The van der Waals surface area contributed by atoms with Crippen LogP contribution in [0.1, 0.15) is 36.7 Å². The predicted molar refractivity (Wildman–Crippen MR) is 98.3 cm³/mol. The highest BCUT2D eigenvalue weighted by Gasteiger charge is 2.18. The molecule has 1 aliphatic heterocycles. The maximum absolute atomic E-state index is 6.21. The number of benzene rings is 1. The van der Waals surface area contributed by atoms with E-state index in [0.717, 1.165) is 41.6 Å². The van der Waals surface area contributed by atoms with Gasteiger partial charge >= 0.3 is 0 Å². The molecular weight excluding hydrogens is 298 g/mol. The lowest BCUT2D eigenvalue weighted by atomic mass is 10.00. The van der Waals surface area contributed by atoms with Crippen molar-refractivity contribution >= 4 is 5.96 Å². The number of aromatic nitrogens is 2. The van der Waals surface area contributed by atoms with Crippen molar-refractivity contribution in [1.82, 2.24) is 14.7 Å². The Labute approximate surface area is 144 Å². The minimum Gasteiger partial charge on any atom is -0.370 e. The van der Waals surface area contributed by atoms with Crippen molar-refractivity contribution in [2.24, 2.45) is 16.6 Å². The molecule has 0 saturated carbocycles. The third-order valence-corrected chi connectivity index (χ3v) is 4.95. The molecule has 128 valence electrons. The van der Waals surface area contributed by atoms with Crippen LogP contribution in [-0.4, -0.2) is 33.7 Å². The molecule has 1 aromatic carbocycles. The lowest BCUT2D eigenvalue weighted by Gasteiger charge is -2.31. The second-order valence-corrected chi connectivity index (χ2v) is 6.74. The summed E-state index contributed by atoms with van der Waals surface area (Å²) in [7, 11) is 0. The topological polar surface area (TPSA) is 59.4 Å². The van der Waals surface area contributed by atoms with E-state index in [2.05, 4.69) is 41.0 Å². The van der Waals surface area contributed by atoms with Crippen molar-refractivity contribution in [3.8, 4) is 5.69 Å². The molecule has 0 amide bonds. The van der Waals surface area contributed by atoms with E-state index in [0.29, 0.717) is 12.5 Å². The van der Waals surface area contributed by atoms with Gasteiger partial charge < -0.3 is 10.6 Å². The van der Waals surface area contributed by atoms with Gasteiger partial charge in [0, 0.05) is 24.3 Å². The Hall–Kier alpha value is -2.30. The maximum Gasteiger partial charge on any atom is 0.191 e. The smallest absolute Gasteiger partial charge is 0.191 e. The van der Waals surface area contributed by atoms with E-state index in [9.17, 15) is 0 Å². The molecule has 0 unspecified atom stereocenters. The Balaban J connectivity index is 1.76. The SMILES string of the molecule is Cc1nn(-c2ccccc2)c(C)c1CN=C(N)N1CCC(C)CC1. The van der Waals surface area contributed by atoms with Crippen molar-refractivity contribution in [3.05, 3.63) is 47.3 Å². The molecular formula is C19H27N5. The van der Waals surface area contributed by atoms with Crippen LogP contribution in [0.3, 0.4) is 0 Å². The first kappa shape index (κ1) is 16.6. The van der Waals surface area contributed by atoms with Crippen molar-refractivity contribution in [2.75, 3.05) is 13.1 Å². The van der Waals surface area contributed by atoms with E-state index in [-0.39, 0.29) is 0 Å². The average Bonchev–Trinajstić information content (AvgIpc) is 2.88. The van der Waals surface area contributed by atoms with Gasteiger partial charge in [0.05, 0.1) is 17.9 Å². The normalized spacial score (nSPS) is 16.6. The van der Waals surface area contributed by atoms with Gasteiger partial charge in [-0.25, -0.2) is 9.67 Å². The fourth-order valence-electron chi connectivity index (χ4n) is 3.22. The Bertz CT molecular complexity index is 709. The summed E-state index contributed by atoms with van der Waals surface area (Å²) >= 11 is 0. The average molecular weight is 325 g/mol. The molecule has 1 saturated heterocycles. The molecule has 1 fully saturated rings. The maximum atomic E-state index is 6.21. The Morgan fingerprint density at radius 1 is 1.21 bits per heavy atom. The van der Waals surface area contributed by atoms with Gasteiger partial charge in [0.15, 0.2) is 5.96 Å². The molecule has 1 aromatic heterocycles. The van der Waals surface area contributed by atoms with E-state index in [1.165, 1.54) is 12.8 Å². The van der Waals surface area contributed by atoms with Crippen molar-refractivity contribution in [1.29, 1.82) is 0 Å². The van der Waals surface area contributed by atoms with Crippen molar-refractivity contribution in [3.63, 3.8) is 0 Å². The van der Waals surface area contributed by atoms with Gasteiger partial charge in [-0.2, -0.15) is 5.10 Å². The van der Waals surface area contributed by atoms with Gasteiger partial charge in [-0.05, 0) is 44.7 Å². The molecule has 0 spiro atoms. The van der Waals surface area contributed by atoms with Gasteiger partial charge in [0.2, 0.25) is 0 Å². The zero-order valence-electron chi connectivity index (χ0n) is 14.9. The summed E-state index contributed by atoms with van der Waals surface area (Å²) in [5, 5.41) is 4.67. The van der Waals surface area contributed by atoms with Crippen molar-refractivity contribution in [2.45, 2.75) is 40.2 Å². The molecule has 0 atom stereocenters. The molecule has 2 aromatic rings. The first-order chi connectivity index (χ1) is 11.6. The summed E-state index contributed by atoms with van der Waals surface area (Å²) in [6.45, 7) is 9.04. The van der Waals surface area contributed by atoms with Gasteiger partial charge in [0.25, 0.3) is 0 Å². The van der Waals surface area contributed by atoms with Gasteiger partial charge in [-0.3, -0.25) is 0 Å². The number of nitrogens with two attached hydrogens (primary N) is 1. The Morgan fingerprint density at radius 2 is 1.88 bits per heavy atom. The Morgan fingerprint density at radius 3 is 2.54 bits per heavy atom. The molecule has 0 aliphatic carbocycles. The standard InChI is InChI=1S/C19H27N5/c1-14-9-11-23(12-10-14)19(20)21-13-18-15(2)22-24(16(18)3)17-7-5-4-6-8-17/h4-8,14H,9-13H2,1-3H3,(H2,20,21). The molecule has 2 heterocycles. The first-order valence-corrected chi connectivity index (χ1v) is 8.71. The number of rotatable bonds is 3. The van der Waals surface area contributed by atoms with Crippen LogP contribution in [0.2, 0.25) is 0 Å². The van der Waals surface area contributed by atoms with Gasteiger partial charge in [-0.1, -0.05) is 25.1 Å². The van der Waals surface area contributed by atoms with E-state index < -0.39 is 0 Å². The number of aliphatic imine (C=N–C) groups is 1. The number of nitrogens with zero attached hydrogens (tertiary/aromatic N) is 4. The lowest BCUT2D eigenvalue weighted by molar-refractivity contribution is 0.277. The van der Waals surface area contributed by atoms with Crippen LogP contribution in [-0.2, 0) is 6.54 Å². The van der Waals surface area contributed by atoms with Crippen LogP contribution < -0.4 is 5.73 Å². The predicted octanol–water partition coefficient (Wildman–Crippen LogP) is 3.04. The molecule has 1 aliphatic rings. The van der Waals surface area contributed by atoms with E-state index >= 15 is 0 Å². The summed E-state index contributed by atoms with van der Waals surface area (Å²) in [6, 6.07) is 10.2. The lowest BCUT2D eigenvalue weighted by Crippen LogP contribution is -2.42. The highest BCUT2D eigenvalue weighted by Crippen LogP contribution is 2.19. The number of piperidine rings is 1. The molecule has 24 heavy (non-hydrogen) atoms. The highest BCUT2D eigenvalue weighted by molar-refractivity contribution is 5.78. The summed E-state index contributed by atoms with van der Waals surface area (Å²) in [5.74, 6) is 1.45. The Kier molecular flexibility index (Phi) is 4.88. The number of para-hydroxylation sites is 1. The van der Waals surface area contributed by atoms with Gasteiger partial charge in [0.1, 0.15) is 0 Å². The summed E-state index contributed by atoms with van der Waals surface area (Å²) < 4.78 is 1.99. The van der Waals surface area contributed by atoms with E-state index in [4.69, 9.17) is 5.73 Å². The second-order valence-electron chi connectivity index (χ2n) is 6.74. The third-order valence-electron chi connectivity index (χ3n) is 4.95.